The molecule has 0 saturated heterocycles. The first-order chi connectivity index (χ1) is 10.4. The van der Waals surface area contributed by atoms with Crippen molar-refractivity contribution in [3.8, 4) is 5.75 Å². The lowest BCUT2D eigenvalue weighted by atomic mass is 10.1. The number of alkyl halides is 6. The molecule has 0 bridgehead atoms. The number of benzene rings is 1. The van der Waals surface area contributed by atoms with Gasteiger partial charge in [0.05, 0.1) is 18.3 Å². The zero-order chi connectivity index (χ0) is 17.8. The Hall–Kier alpha value is -2.01. The molecule has 0 aromatic heterocycles. The summed E-state index contributed by atoms with van der Waals surface area (Å²) in [5.74, 6) is -3.38. The minimum absolute atomic E-state index is 0.289. The van der Waals surface area contributed by atoms with Crippen LogP contribution in [0.2, 0.25) is 0 Å². The van der Waals surface area contributed by atoms with E-state index in [1.807, 2.05) is 0 Å². The maximum atomic E-state index is 12.5. The molecule has 0 aliphatic heterocycles. The molecule has 1 unspecified atom stereocenters. The van der Waals surface area contributed by atoms with Gasteiger partial charge < -0.3 is 20.3 Å². The second-order valence-electron chi connectivity index (χ2n) is 4.30. The highest BCUT2D eigenvalue weighted by Crippen LogP contribution is 2.31. The second kappa shape index (κ2) is 7.04. The van der Waals surface area contributed by atoms with Gasteiger partial charge in [0, 0.05) is 12.2 Å². The van der Waals surface area contributed by atoms with Gasteiger partial charge in [0.15, 0.2) is 0 Å². The average molecular weight is 347 g/mol. The molecule has 0 radical (unpaired) electrons. The van der Waals surface area contributed by atoms with Crippen LogP contribution in [0.25, 0.3) is 0 Å². The molecule has 0 spiro atoms. The lowest BCUT2D eigenvalue weighted by molar-refractivity contribution is -0.274. The molecule has 11 heteroatoms. The van der Waals surface area contributed by atoms with Gasteiger partial charge in [-0.2, -0.15) is 13.2 Å². The number of anilines is 1. The van der Waals surface area contributed by atoms with E-state index in [0.717, 1.165) is 6.07 Å². The highest BCUT2D eigenvalue weighted by Gasteiger charge is 2.41. The quantitative estimate of drug-likeness (QED) is 0.543. The summed E-state index contributed by atoms with van der Waals surface area (Å²) in [6, 6.07) is 1.76. The summed E-state index contributed by atoms with van der Waals surface area (Å²) in [6.45, 7) is -1.13. The molecule has 0 amide bonds. The van der Waals surface area contributed by atoms with E-state index in [4.69, 9.17) is 10.2 Å². The van der Waals surface area contributed by atoms with Crippen LogP contribution in [0.4, 0.5) is 32.0 Å². The summed E-state index contributed by atoms with van der Waals surface area (Å²) in [6.07, 6.45) is -11.8. The van der Waals surface area contributed by atoms with E-state index in [-0.39, 0.29) is 6.07 Å². The summed E-state index contributed by atoms with van der Waals surface area (Å²) in [5.41, 5.74) is -1.57. The standard InChI is InChI=1S/C12H11F6NO4/c13-11(14,15)10(22)8-3-7(23-12(16,17)18)1-2-9(8)19-4-6(21)5-20/h1-3,6,19-21H,4-5H2. The first-order valence-corrected chi connectivity index (χ1v) is 5.98. The third-order valence-corrected chi connectivity index (χ3v) is 2.47. The molecule has 130 valence electrons. The molecule has 0 saturated carbocycles. The Morgan fingerprint density at radius 2 is 1.83 bits per heavy atom. The zero-order valence-electron chi connectivity index (χ0n) is 11.2. The SMILES string of the molecule is O=C(c1cc(OC(F)(F)F)ccc1NCC(O)CO)C(F)(F)F. The summed E-state index contributed by atoms with van der Waals surface area (Å²) < 4.78 is 77.3. The molecular weight excluding hydrogens is 336 g/mol. The summed E-state index contributed by atoms with van der Waals surface area (Å²) in [5, 5.41) is 20.0. The second-order valence-corrected chi connectivity index (χ2v) is 4.30. The number of hydrogen-bond acceptors (Lipinski definition) is 5. The number of nitrogens with one attached hydrogen (secondary N) is 1. The molecule has 0 heterocycles. The maximum absolute atomic E-state index is 12.5. The molecule has 0 fully saturated rings. The number of aliphatic hydroxyl groups excluding tert-OH is 2. The van der Waals surface area contributed by atoms with E-state index in [1.165, 1.54) is 0 Å². The van der Waals surface area contributed by atoms with Crippen LogP contribution in [-0.4, -0.2) is 47.8 Å². The fourth-order valence-electron chi connectivity index (χ4n) is 1.51. The normalized spacial score (nSPS) is 13.6. The van der Waals surface area contributed by atoms with E-state index in [2.05, 4.69) is 10.1 Å². The third-order valence-electron chi connectivity index (χ3n) is 2.47. The monoisotopic (exact) mass is 347 g/mol. The van der Waals surface area contributed by atoms with Gasteiger partial charge in [-0.1, -0.05) is 0 Å². The molecule has 3 N–H and O–H groups in total. The first-order valence-electron chi connectivity index (χ1n) is 5.98. The number of aliphatic hydroxyl groups is 2. The van der Waals surface area contributed by atoms with Crippen molar-refractivity contribution in [3.63, 3.8) is 0 Å². The van der Waals surface area contributed by atoms with Gasteiger partial charge in [0.25, 0.3) is 5.78 Å². The van der Waals surface area contributed by atoms with Crippen LogP contribution in [0, 0.1) is 0 Å². The van der Waals surface area contributed by atoms with E-state index in [1.54, 1.807) is 0 Å². The molecule has 1 aromatic rings. The number of halogens is 6. The van der Waals surface area contributed by atoms with Crippen molar-refractivity contribution in [2.45, 2.75) is 18.6 Å². The Balaban J connectivity index is 3.16. The van der Waals surface area contributed by atoms with Crippen LogP contribution < -0.4 is 10.1 Å². The van der Waals surface area contributed by atoms with Gasteiger partial charge in [0.1, 0.15) is 5.75 Å². The smallest absolute Gasteiger partial charge is 0.406 e. The minimum atomic E-state index is -5.32. The van der Waals surface area contributed by atoms with Crippen LogP contribution >= 0.6 is 0 Å². The Morgan fingerprint density at radius 3 is 2.30 bits per heavy atom. The highest BCUT2D eigenvalue weighted by atomic mass is 19.4. The molecule has 1 aromatic carbocycles. The fraction of sp³-hybridized carbons (Fsp3) is 0.417. The van der Waals surface area contributed by atoms with Gasteiger partial charge >= 0.3 is 12.5 Å². The lowest BCUT2D eigenvalue weighted by Crippen LogP contribution is -2.27. The molecule has 1 rings (SSSR count). The summed E-state index contributed by atoms with van der Waals surface area (Å²) >= 11 is 0. The Labute approximate surface area is 125 Å². The van der Waals surface area contributed by atoms with Crippen molar-refractivity contribution in [1.82, 2.24) is 0 Å². The molecule has 23 heavy (non-hydrogen) atoms. The van der Waals surface area contributed by atoms with Crippen molar-refractivity contribution in [3.05, 3.63) is 23.8 Å². The number of carbonyl (C=O) groups is 1. The van der Waals surface area contributed by atoms with Gasteiger partial charge in [-0.05, 0) is 18.2 Å². The van der Waals surface area contributed by atoms with Crippen LogP contribution in [0.1, 0.15) is 10.4 Å². The fourth-order valence-corrected chi connectivity index (χ4v) is 1.51. The largest absolute Gasteiger partial charge is 0.573 e. The third kappa shape index (κ3) is 5.94. The molecular formula is C12H11F6NO4. The number of rotatable bonds is 6. The van der Waals surface area contributed by atoms with E-state index in [9.17, 15) is 31.1 Å². The van der Waals surface area contributed by atoms with Crippen molar-refractivity contribution in [1.29, 1.82) is 0 Å². The van der Waals surface area contributed by atoms with Crippen molar-refractivity contribution >= 4 is 11.5 Å². The number of hydrogen-bond donors (Lipinski definition) is 3. The predicted molar refractivity (Wildman–Crippen MR) is 65.1 cm³/mol. The molecule has 1 atom stereocenters. The molecule has 0 aliphatic carbocycles. The van der Waals surface area contributed by atoms with Crippen molar-refractivity contribution < 1.29 is 46.1 Å². The molecule has 0 aliphatic rings. The highest BCUT2D eigenvalue weighted by molar-refractivity contribution is 6.05. The average Bonchev–Trinajstić information content (AvgIpc) is 2.41. The van der Waals surface area contributed by atoms with Gasteiger partial charge in [0.2, 0.25) is 0 Å². The number of ether oxygens (including phenoxy) is 1. The Morgan fingerprint density at radius 1 is 1.22 bits per heavy atom. The van der Waals surface area contributed by atoms with E-state index in [0.29, 0.717) is 6.07 Å². The topological polar surface area (TPSA) is 78.8 Å². The van der Waals surface area contributed by atoms with Gasteiger partial charge in [-0.15, -0.1) is 13.2 Å². The first kappa shape index (κ1) is 19.0. The van der Waals surface area contributed by atoms with Crippen molar-refractivity contribution in [2.75, 3.05) is 18.5 Å². The summed E-state index contributed by atoms with van der Waals surface area (Å²) in [7, 11) is 0. The van der Waals surface area contributed by atoms with Gasteiger partial charge in [-0.25, -0.2) is 0 Å². The number of carbonyl (C=O) groups excluding carboxylic acids is 1. The van der Waals surface area contributed by atoms with Crippen LogP contribution in [-0.2, 0) is 0 Å². The molecule has 5 nitrogen and oxygen atoms in total. The Bertz CT molecular complexity index is 557. The Kier molecular flexibility index (Phi) is 5.83. The predicted octanol–water partition coefficient (Wildman–Crippen LogP) is 2.10. The zero-order valence-corrected chi connectivity index (χ0v) is 11.2. The number of Topliss-reactive ketones (excluding diaryl/α,β-unsaturated/α-hetero) is 1. The van der Waals surface area contributed by atoms with Crippen LogP contribution in [0.5, 0.6) is 5.75 Å². The van der Waals surface area contributed by atoms with Crippen LogP contribution in [0.3, 0.4) is 0 Å². The lowest BCUT2D eigenvalue weighted by Gasteiger charge is -2.16. The van der Waals surface area contributed by atoms with Gasteiger partial charge in [-0.3, -0.25) is 4.79 Å². The van der Waals surface area contributed by atoms with Crippen LogP contribution in [0.15, 0.2) is 18.2 Å². The minimum Gasteiger partial charge on any atom is -0.406 e. The number of ketones is 1. The maximum Gasteiger partial charge on any atom is 0.573 e. The van der Waals surface area contributed by atoms with E-state index >= 15 is 0 Å². The van der Waals surface area contributed by atoms with E-state index < -0.39 is 54.6 Å². The summed E-state index contributed by atoms with van der Waals surface area (Å²) in [4.78, 5) is 11.3. The van der Waals surface area contributed by atoms with Crippen molar-refractivity contribution in [2.24, 2.45) is 0 Å².